The van der Waals surface area contributed by atoms with E-state index in [2.05, 4.69) is 65.1 Å². The molecule has 0 radical (unpaired) electrons. The molecule has 3 rings (SSSR count). The van der Waals surface area contributed by atoms with Gasteiger partial charge in [0.15, 0.2) is 8.32 Å². The molecule has 0 amide bonds. The minimum Gasteiger partial charge on any atom is -0.462 e. The summed E-state index contributed by atoms with van der Waals surface area (Å²) in [6.45, 7) is 16.4. The number of cyclic esters (lactones) is 1. The molecule has 0 aromatic heterocycles. The summed E-state index contributed by atoms with van der Waals surface area (Å²) < 4.78 is 54.0. The number of thioether (sulfide) groups is 1. The van der Waals surface area contributed by atoms with Crippen LogP contribution in [0.15, 0.2) is 47.4 Å². The predicted molar refractivity (Wildman–Crippen MR) is 268 cm³/mol. The van der Waals surface area contributed by atoms with E-state index in [1.165, 1.54) is 70.6 Å². The molecule has 2 heterocycles. The first-order valence-electron chi connectivity index (χ1n) is 25.5. The zero-order valence-electron chi connectivity index (χ0n) is 42.8. The molecular formula is C53H94O10SSi. The van der Waals surface area contributed by atoms with E-state index in [1.54, 1.807) is 33.1 Å². The summed E-state index contributed by atoms with van der Waals surface area (Å²) in [6, 6.07) is 10.2. The number of hydrogen-bond donors (Lipinski definition) is 0. The van der Waals surface area contributed by atoms with Crippen LogP contribution < -0.4 is 0 Å². The quantitative estimate of drug-likeness (QED) is 0.0210. The van der Waals surface area contributed by atoms with Crippen molar-refractivity contribution in [1.82, 2.24) is 0 Å². The maximum atomic E-state index is 13.6. The molecule has 0 saturated carbocycles. The first kappa shape index (κ1) is 58.0. The van der Waals surface area contributed by atoms with Crippen molar-refractivity contribution in [1.29, 1.82) is 0 Å². The van der Waals surface area contributed by atoms with Crippen LogP contribution in [0.5, 0.6) is 0 Å². The Labute approximate surface area is 402 Å². The van der Waals surface area contributed by atoms with Gasteiger partial charge in [0.2, 0.25) is 0 Å². The van der Waals surface area contributed by atoms with Crippen molar-refractivity contribution in [3.05, 3.63) is 42.5 Å². The Hall–Kier alpha value is -1.32. The van der Waals surface area contributed by atoms with E-state index in [-0.39, 0.29) is 74.1 Å². The van der Waals surface area contributed by atoms with Gasteiger partial charge in [0.25, 0.3) is 0 Å². The predicted octanol–water partition coefficient (Wildman–Crippen LogP) is 13.7. The second-order valence-electron chi connectivity index (χ2n) is 20.3. The van der Waals surface area contributed by atoms with Crippen molar-refractivity contribution in [2.75, 3.05) is 41.7 Å². The molecule has 10 nitrogen and oxygen atoms in total. The van der Waals surface area contributed by atoms with Crippen LogP contribution in [0.3, 0.4) is 0 Å². The molecule has 8 atom stereocenters. The van der Waals surface area contributed by atoms with E-state index in [4.69, 9.17) is 42.3 Å². The van der Waals surface area contributed by atoms with Gasteiger partial charge >= 0.3 is 5.97 Å². The summed E-state index contributed by atoms with van der Waals surface area (Å²) in [5.74, 6) is -0.128. The average Bonchev–Trinajstić information content (AvgIpc) is 3.54. The van der Waals surface area contributed by atoms with Gasteiger partial charge in [0, 0.05) is 38.7 Å². The third kappa shape index (κ3) is 22.3. The fourth-order valence-corrected chi connectivity index (χ4v) is 11.8. The molecule has 1 aromatic rings. The zero-order chi connectivity index (χ0) is 47.4. The summed E-state index contributed by atoms with van der Waals surface area (Å²) in [6.07, 6.45) is 27.9. The average molecular weight is 951 g/mol. The van der Waals surface area contributed by atoms with Gasteiger partial charge in [-0.1, -0.05) is 135 Å². The van der Waals surface area contributed by atoms with Crippen LogP contribution in [0, 0.1) is 0 Å². The van der Waals surface area contributed by atoms with E-state index in [9.17, 15) is 4.79 Å². The summed E-state index contributed by atoms with van der Waals surface area (Å²) in [4.78, 5) is 14.7. The normalized spacial score (nSPS) is 23.3. The Morgan fingerprint density at radius 1 is 0.800 bits per heavy atom. The van der Waals surface area contributed by atoms with E-state index < -0.39 is 13.1 Å². The second-order valence-corrected chi connectivity index (χ2v) is 26.5. The molecule has 2 aliphatic rings. The molecule has 376 valence electrons. The van der Waals surface area contributed by atoms with Crippen molar-refractivity contribution in [2.24, 2.45) is 0 Å². The first-order chi connectivity index (χ1) is 31.3. The van der Waals surface area contributed by atoms with Crippen molar-refractivity contribution >= 4 is 26.0 Å². The molecule has 1 aromatic carbocycles. The highest BCUT2D eigenvalue weighted by atomic mass is 32.2. The molecule has 12 heteroatoms. The van der Waals surface area contributed by atoms with E-state index >= 15 is 0 Å². The molecule has 2 aliphatic heterocycles. The van der Waals surface area contributed by atoms with E-state index in [0.29, 0.717) is 12.8 Å². The lowest BCUT2D eigenvalue weighted by Gasteiger charge is -2.41. The Kier molecular flexibility index (Phi) is 29.0. The van der Waals surface area contributed by atoms with Crippen molar-refractivity contribution < 1.29 is 47.1 Å². The van der Waals surface area contributed by atoms with Gasteiger partial charge in [-0.25, -0.2) is 0 Å². The number of allylic oxidation sites excluding steroid dienone is 1. The topological polar surface area (TPSA) is 100 Å². The number of methoxy groups -OCH3 is 3. The molecule has 0 spiro atoms. The summed E-state index contributed by atoms with van der Waals surface area (Å²) in [5, 5.41) is 0.0380. The molecule has 65 heavy (non-hydrogen) atoms. The minimum absolute atomic E-state index is 0.00288. The van der Waals surface area contributed by atoms with Crippen LogP contribution in [0.2, 0.25) is 18.1 Å². The maximum Gasteiger partial charge on any atom is 0.323 e. The maximum absolute atomic E-state index is 13.6. The molecular weight excluding hydrogens is 857 g/mol. The fourth-order valence-electron chi connectivity index (χ4n) is 8.97. The Morgan fingerprint density at radius 2 is 1.43 bits per heavy atom. The lowest BCUT2D eigenvalue weighted by Crippen LogP contribution is -2.46. The largest absolute Gasteiger partial charge is 0.462 e. The Balaban J connectivity index is 1.60. The van der Waals surface area contributed by atoms with E-state index in [0.717, 1.165) is 62.7 Å². The van der Waals surface area contributed by atoms with Gasteiger partial charge in [-0.05, 0) is 95.0 Å². The molecule has 2 saturated heterocycles. The van der Waals surface area contributed by atoms with Gasteiger partial charge in [-0.15, -0.1) is 11.8 Å². The monoisotopic (exact) mass is 951 g/mol. The lowest BCUT2D eigenvalue weighted by molar-refractivity contribution is -0.210. The van der Waals surface area contributed by atoms with Crippen molar-refractivity contribution in [2.45, 2.75) is 246 Å². The fraction of sp³-hybridized carbons (Fsp3) is 0.830. The molecule has 2 fully saturated rings. The highest BCUT2D eigenvalue weighted by Crippen LogP contribution is 2.48. The van der Waals surface area contributed by atoms with Gasteiger partial charge in [-0.3, -0.25) is 4.79 Å². The van der Waals surface area contributed by atoms with Gasteiger partial charge in [0.05, 0.1) is 30.5 Å². The van der Waals surface area contributed by atoms with Crippen LogP contribution in [-0.4, -0.2) is 103 Å². The van der Waals surface area contributed by atoms with Crippen LogP contribution in [0.4, 0.5) is 0 Å². The number of carbonyl (C=O) groups excluding carboxylic acids is 1. The number of ether oxygens (including phenoxy) is 8. The third-order valence-corrected chi connectivity index (χ3v) is 19.6. The first-order valence-corrected chi connectivity index (χ1v) is 29.2. The molecule has 0 bridgehead atoms. The number of esters is 1. The summed E-state index contributed by atoms with van der Waals surface area (Å²) in [7, 11) is 2.86. The van der Waals surface area contributed by atoms with Gasteiger partial charge < -0.3 is 42.3 Å². The molecule has 0 N–H and O–H groups in total. The van der Waals surface area contributed by atoms with Crippen LogP contribution in [0.1, 0.15) is 176 Å². The smallest absolute Gasteiger partial charge is 0.323 e. The number of carbonyl (C=O) groups is 1. The minimum atomic E-state index is -2.15. The number of unbranched alkanes of at least 4 members (excludes halogenated alkanes) is 11. The van der Waals surface area contributed by atoms with Crippen LogP contribution in [-0.2, 0) is 47.1 Å². The van der Waals surface area contributed by atoms with Crippen molar-refractivity contribution in [3.8, 4) is 0 Å². The highest BCUT2D eigenvalue weighted by molar-refractivity contribution is 8.01. The van der Waals surface area contributed by atoms with Gasteiger partial charge in [0.1, 0.15) is 31.2 Å². The van der Waals surface area contributed by atoms with Crippen LogP contribution >= 0.6 is 11.8 Å². The van der Waals surface area contributed by atoms with Crippen LogP contribution in [0.25, 0.3) is 0 Å². The number of rotatable bonds is 37. The second kappa shape index (κ2) is 32.5. The number of hydrogen-bond acceptors (Lipinski definition) is 11. The third-order valence-electron chi connectivity index (χ3n) is 13.7. The number of benzene rings is 1. The summed E-state index contributed by atoms with van der Waals surface area (Å²) >= 11 is 1.64. The standard InChI is InChI=1S/C53H94O10SSi/c1-11-12-13-14-15-16-17-18-19-20-21-28-33-49-48(60-42-57-8)36-37-50(62-49)47(59-41-56-7)35-34-44(58-40-55-6)29-24-22-25-30-45(63-65(9,10)52(3,4)5)39-53(38-43(2)61-51(53)54)64-46-31-26-23-27-32-46/h22-24,26-27,31-32,43-45,47-50H,11-21,25,28-30,33-42H2,1-10H3/b24-22+/t43-,44+,45+,47+,48+,49+,50+,53?/m0/s1. The van der Waals surface area contributed by atoms with E-state index in [1.807, 2.05) is 25.1 Å². The van der Waals surface area contributed by atoms with Crippen molar-refractivity contribution in [3.63, 3.8) is 0 Å². The van der Waals surface area contributed by atoms with Gasteiger partial charge in [-0.2, -0.15) is 0 Å². The zero-order valence-corrected chi connectivity index (χ0v) is 44.6. The SMILES string of the molecule is CCCCCCCCCCCCCC[C@H]1O[C@@H]([C@@H](CC[C@@H](C/C=C/CC[C@H](CC2(Sc3ccccc3)C[C@H](C)OC2=O)O[Si](C)(C)C(C)(C)C)OCOC)OCOC)CC[C@H]1OCOC. The molecule has 0 aliphatic carbocycles. The Morgan fingerprint density at radius 3 is 2.03 bits per heavy atom. The Bertz CT molecular complexity index is 1390. The lowest BCUT2D eigenvalue weighted by atomic mass is 9.92. The highest BCUT2D eigenvalue weighted by Gasteiger charge is 2.51. The summed E-state index contributed by atoms with van der Waals surface area (Å²) in [5.41, 5.74) is 0. The molecule has 1 unspecified atom stereocenters.